The lowest BCUT2D eigenvalue weighted by atomic mass is 9.83. The van der Waals surface area contributed by atoms with E-state index < -0.39 is 73.2 Å². The minimum atomic E-state index is -3.63. The summed E-state index contributed by atoms with van der Waals surface area (Å²) in [5.41, 5.74) is -1.96. The molecule has 52 heavy (non-hydrogen) atoms. The maximum absolute atomic E-state index is 14.6. The Morgan fingerprint density at radius 1 is 0.962 bits per heavy atom. The van der Waals surface area contributed by atoms with Crippen LogP contribution in [0, 0.1) is 28.6 Å². The predicted molar refractivity (Wildman–Crippen MR) is 197 cm³/mol. The number of ether oxygens (including phenoxy) is 1. The van der Waals surface area contributed by atoms with Crippen LogP contribution in [0.25, 0.3) is 0 Å². The Hall–Kier alpha value is -3.00. The summed E-state index contributed by atoms with van der Waals surface area (Å²) in [6.45, 7) is 16.2. The maximum atomic E-state index is 14.6. The number of hydrogen-bond donors (Lipinski definition) is 4. The summed E-state index contributed by atoms with van der Waals surface area (Å²) >= 11 is 0. The maximum Gasteiger partial charge on any atom is 0.315 e. The van der Waals surface area contributed by atoms with Gasteiger partial charge in [-0.05, 0) is 67.6 Å². The van der Waals surface area contributed by atoms with E-state index in [-0.39, 0.29) is 35.5 Å². The van der Waals surface area contributed by atoms with Gasteiger partial charge in [0.25, 0.3) is 5.91 Å². The second kappa shape index (κ2) is 15.0. The van der Waals surface area contributed by atoms with Gasteiger partial charge in [-0.1, -0.05) is 72.8 Å². The van der Waals surface area contributed by atoms with E-state index in [1.54, 1.807) is 6.92 Å². The van der Waals surface area contributed by atoms with Gasteiger partial charge >= 0.3 is 6.03 Å². The van der Waals surface area contributed by atoms with Crippen LogP contribution in [-0.2, 0) is 33.8 Å². The van der Waals surface area contributed by atoms with Gasteiger partial charge in [-0.15, -0.1) is 6.58 Å². The van der Waals surface area contributed by atoms with E-state index in [1.165, 1.54) is 11.0 Å². The first kappa shape index (κ1) is 40.2. The van der Waals surface area contributed by atoms with Gasteiger partial charge in [0, 0.05) is 26.3 Å². The van der Waals surface area contributed by atoms with E-state index in [0.29, 0.717) is 51.9 Å². The molecule has 0 aromatic rings. The lowest BCUT2D eigenvalue weighted by molar-refractivity contribution is -0.145. The van der Waals surface area contributed by atoms with E-state index in [9.17, 15) is 32.4 Å². The van der Waals surface area contributed by atoms with Gasteiger partial charge in [0.2, 0.25) is 17.6 Å². The number of nitrogens with zero attached hydrogens (tertiary/aromatic N) is 1. The van der Waals surface area contributed by atoms with Gasteiger partial charge in [0.1, 0.15) is 12.1 Å². The van der Waals surface area contributed by atoms with Crippen molar-refractivity contribution in [2.45, 2.75) is 134 Å². The highest BCUT2D eigenvalue weighted by Gasteiger charge is 2.70. The number of hydrogen-bond acceptors (Lipinski definition) is 8. The molecule has 13 nitrogen and oxygen atoms in total. The predicted octanol–water partition coefficient (Wildman–Crippen LogP) is 3.03. The molecule has 0 spiro atoms. The molecule has 2 aliphatic heterocycles. The minimum Gasteiger partial charge on any atom is -0.381 e. The summed E-state index contributed by atoms with van der Waals surface area (Å²) < 4.78 is 32.3. The zero-order valence-corrected chi connectivity index (χ0v) is 32.8. The highest BCUT2D eigenvalue weighted by atomic mass is 32.2. The summed E-state index contributed by atoms with van der Waals surface area (Å²) in [7, 11) is -3.63. The third-order valence-electron chi connectivity index (χ3n) is 12.6. The van der Waals surface area contributed by atoms with Crippen molar-refractivity contribution in [2.75, 3.05) is 32.1 Å². The van der Waals surface area contributed by atoms with E-state index in [0.717, 1.165) is 32.1 Å². The summed E-state index contributed by atoms with van der Waals surface area (Å²) in [6, 6.07) is -3.56. The second-order valence-electron chi connectivity index (χ2n) is 18.1. The molecule has 0 aromatic carbocycles. The van der Waals surface area contributed by atoms with E-state index in [1.807, 2.05) is 20.8 Å². The molecule has 2 heterocycles. The van der Waals surface area contributed by atoms with Crippen LogP contribution < -0.4 is 21.3 Å². The van der Waals surface area contributed by atoms with Crippen molar-refractivity contribution < 1.29 is 37.1 Å². The van der Waals surface area contributed by atoms with E-state index in [2.05, 4.69) is 41.7 Å². The molecule has 5 atom stereocenters. The zero-order valence-electron chi connectivity index (χ0n) is 32.0. The number of ketones is 1. The third-order valence-corrected chi connectivity index (χ3v) is 15.5. The van der Waals surface area contributed by atoms with Crippen LogP contribution in [0.1, 0.15) is 106 Å². The number of amides is 5. The smallest absolute Gasteiger partial charge is 0.315 e. The summed E-state index contributed by atoms with van der Waals surface area (Å²) in [4.78, 5) is 70.0. The molecule has 5 fully saturated rings. The molecule has 0 aromatic heterocycles. The average molecular weight is 748 g/mol. The molecule has 5 amide bonds. The second-order valence-corrected chi connectivity index (χ2v) is 20.6. The quantitative estimate of drug-likeness (QED) is 0.155. The van der Waals surface area contributed by atoms with Crippen LogP contribution in [0.5, 0.6) is 0 Å². The Morgan fingerprint density at radius 3 is 2.17 bits per heavy atom. The van der Waals surface area contributed by atoms with Crippen molar-refractivity contribution >= 4 is 39.4 Å². The molecule has 5 aliphatic rings. The topological polar surface area (TPSA) is 180 Å². The van der Waals surface area contributed by atoms with Gasteiger partial charge in [0.15, 0.2) is 9.84 Å². The first-order valence-corrected chi connectivity index (χ1v) is 20.8. The fourth-order valence-electron chi connectivity index (χ4n) is 8.81. The lowest BCUT2D eigenvalue weighted by Gasteiger charge is -2.42. The Morgan fingerprint density at radius 2 is 1.60 bits per heavy atom. The van der Waals surface area contributed by atoms with Crippen LogP contribution in [0.2, 0.25) is 0 Å². The number of fused-ring (bicyclic) bond motifs is 1. The monoisotopic (exact) mass is 747 g/mol. The highest BCUT2D eigenvalue weighted by Crippen LogP contribution is 2.65. The molecular weight excluding hydrogens is 687 g/mol. The third kappa shape index (κ3) is 8.53. The standard InChI is InChI=1S/C38H61N5O8S/c1-8-18-39-32(46)29(44)26(21-24-12-13-24)40-31(45)28-27-25(36(27,5)6)22-43(28)33(47)30(35(2,3)4)41-34(48)42-38(14-10-9-11-15-38)23-52(49,50)37(7)16-19-51-20-17-37/h8,24-28,30H,1,9-23H2,2-7H3,(H,39,46)(H,40,45)(H2,41,42,48)/t25-,26-,27-,28-,30+/m0/s1. The fourth-order valence-corrected chi connectivity index (χ4v) is 11.0. The molecule has 4 N–H and O–H groups in total. The Balaban J connectivity index is 1.34. The molecule has 14 heteroatoms. The molecule has 0 unspecified atom stereocenters. The minimum absolute atomic E-state index is 0.0531. The van der Waals surface area contributed by atoms with Gasteiger partial charge < -0.3 is 30.9 Å². The number of likely N-dealkylation sites (tertiary alicyclic amines) is 1. The number of Topliss-reactive ketones (excluding diaryl/α,β-unsaturated/α-hetero) is 1. The highest BCUT2D eigenvalue weighted by molar-refractivity contribution is 7.92. The van der Waals surface area contributed by atoms with Crippen molar-refractivity contribution in [3.8, 4) is 0 Å². The van der Waals surface area contributed by atoms with Crippen molar-refractivity contribution in [3.05, 3.63) is 12.7 Å². The molecule has 0 bridgehead atoms. The summed E-state index contributed by atoms with van der Waals surface area (Å²) in [5, 5.41) is 11.3. The summed E-state index contributed by atoms with van der Waals surface area (Å²) in [5.74, 6) is -2.45. The van der Waals surface area contributed by atoms with Gasteiger partial charge in [-0.2, -0.15) is 0 Å². The zero-order chi connectivity index (χ0) is 38.3. The van der Waals surface area contributed by atoms with E-state index >= 15 is 0 Å². The molecule has 5 rings (SSSR count). The first-order valence-electron chi connectivity index (χ1n) is 19.2. The number of rotatable bonds is 14. The number of sulfone groups is 1. The van der Waals surface area contributed by atoms with Crippen molar-refractivity contribution in [1.29, 1.82) is 0 Å². The van der Waals surface area contributed by atoms with Crippen LogP contribution in [0.3, 0.4) is 0 Å². The molecule has 3 saturated carbocycles. The fraction of sp³-hybridized carbons (Fsp3) is 0.816. The van der Waals surface area contributed by atoms with Gasteiger partial charge in [0.05, 0.1) is 22.1 Å². The summed E-state index contributed by atoms with van der Waals surface area (Å²) in [6.07, 6.45) is 8.00. The molecular formula is C38H61N5O8S. The van der Waals surface area contributed by atoms with Crippen LogP contribution in [0.4, 0.5) is 4.79 Å². The van der Waals surface area contributed by atoms with Crippen LogP contribution in [0.15, 0.2) is 12.7 Å². The van der Waals surface area contributed by atoms with Crippen molar-refractivity contribution in [3.63, 3.8) is 0 Å². The SMILES string of the molecule is C=CCNC(=O)C(=O)[C@H](CC1CC1)NC(=O)[C@@H]1[C@@H]2[C@H](CN1C(=O)[C@@H](NC(=O)NC1(CS(=O)(=O)C3(C)CCOCC3)CCCCC1)C(C)(C)C)C2(C)C. The number of carbonyl (C=O) groups excluding carboxylic acids is 5. The van der Waals surface area contributed by atoms with Crippen molar-refractivity contribution in [2.24, 2.45) is 28.6 Å². The largest absolute Gasteiger partial charge is 0.381 e. The lowest BCUT2D eigenvalue weighted by Crippen LogP contribution is -2.64. The molecule has 292 valence electrons. The number of urea groups is 1. The number of nitrogens with one attached hydrogen (secondary N) is 4. The average Bonchev–Trinajstić information content (AvgIpc) is 3.92. The van der Waals surface area contributed by atoms with E-state index in [4.69, 9.17) is 4.74 Å². The van der Waals surface area contributed by atoms with Gasteiger partial charge in [-0.3, -0.25) is 19.2 Å². The number of carbonyl (C=O) groups is 5. The molecule has 0 radical (unpaired) electrons. The van der Waals surface area contributed by atoms with Crippen LogP contribution in [-0.4, -0.2) is 103 Å². The number of piperidine rings is 1. The van der Waals surface area contributed by atoms with Crippen LogP contribution >= 0.6 is 0 Å². The Kier molecular flexibility index (Phi) is 11.6. The molecule has 3 aliphatic carbocycles. The normalized spacial score (nSPS) is 27.3. The van der Waals surface area contributed by atoms with Crippen molar-refractivity contribution in [1.82, 2.24) is 26.2 Å². The Bertz CT molecular complexity index is 1520. The molecule has 2 saturated heterocycles. The first-order chi connectivity index (χ1) is 24.3. The van der Waals surface area contributed by atoms with Gasteiger partial charge in [-0.25, -0.2) is 13.2 Å². The Labute approximate surface area is 309 Å².